The van der Waals surface area contributed by atoms with Crippen molar-refractivity contribution < 1.29 is 4.79 Å². The molecule has 0 fully saturated rings. The Hall–Kier alpha value is -1.45. The Labute approximate surface area is 129 Å². The number of nitrogens with zero attached hydrogens (tertiary/aromatic N) is 1. The van der Waals surface area contributed by atoms with Crippen LogP contribution in [0, 0.1) is 6.92 Å². The lowest BCUT2D eigenvalue weighted by molar-refractivity contribution is 0.0988. The Morgan fingerprint density at radius 1 is 1.20 bits per heavy atom. The van der Waals surface area contributed by atoms with Crippen LogP contribution in [0.2, 0.25) is 5.02 Å². The molecule has 2 aromatic rings. The summed E-state index contributed by atoms with van der Waals surface area (Å²) in [5.41, 5.74) is 2.50. The quantitative estimate of drug-likeness (QED) is 0.821. The van der Waals surface area contributed by atoms with Crippen molar-refractivity contribution in [1.29, 1.82) is 0 Å². The Morgan fingerprint density at radius 2 is 1.85 bits per heavy atom. The third-order valence-electron chi connectivity index (χ3n) is 3.09. The van der Waals surface area contributed by atoms with Crippen LogP contribution in [-0.2, 0) is 0 Å². The molecule has 0 aromatic heterocycles. The van der Waals surface area contributed by atoms with Gasteiger partial charge in [-0.25, -0.2) is 0 Å². The van der Waals surface area contributed by atoms with E-state index in [2.05, 4.69) is 12.6 Å². The molecule has 0 unspecified atom stereocenters. The number of carbonyl (C=O) groups is 1. The van der Waals surface area contributed by atoms with E-state index >= 15 is 0 Å². The molecule has 0 aliphatic carbocycles. The first-order chi connectivity index (χ1) is 9.52. The van der Waals surface area contributed by atoms with E-state index in [-0.39, 0.29) is 5.91 Å². The van der Waals surface area contributed by atoms with Crippen LogP contribution in [0.15, 0.2) is 47.4 Å². The van der Waals surface area contributed by atoms with Crippen molar-refractivity contribution in [2.45, 2.75) is 18.7 Å². The summed E-state index contributed by atoms with van der Waals surface area (Å²) in [5.74, 6) is -0.114. The number of hydrogen-bond donors (Lipinski definition) is 1. The number of thiol groups is 1. The molecule has 0 saturated heterocycles. The van der Waals surface area contributed by atoms with Gasteiger partial charge in [-0.1, -0.05) is 29.3 Å². The highest BCUT2D eigenvalue weighted by Gasteiger charge is 2.18. The lowest BCUT2D eigenvalue weighted by Gasteiger charge is -2.22. The minimum Gasteiger partial charge on any atom is -0.309 e. The third kappa shape index (κ3) is 3.17. The van der Waals surface area contributed by atoms with Crippen molar-refractivity contribution >= 4 is 35.8 Å². The molecule has 0 N–H and O–H groups in total. The number of halogens is 1. The van der Waals surface area contributed by atoms with Crippen LogP contribution in [-0.4, -0.2) is 12.5 Å². The molecule has 0 saturated carbocycles. The fraction of sp³-hybridized carbons (Fsp3) is 0.188. The monoisotopic (exact) mass is 305 g/mol. The van der Waals surface area contributed by atoms with Gasteiger partial charge < -0.3 is 4.90 Å². The predicted molar refractivity (Wildman–Crippen MR) is 87.2 cm³/mol. The van der Waals surface area contributed by atoms with Crippen molar-refractivity contribution in [2.75, 3.05) is 11.4 Å². The predicted octanol–water partition coefficient (Wildman–Crippen LogP) is 4.60. The van der Waals surface area contributed by atoms with Crippen LogP contribution in [0.5, 0.6) is 0 Å². The first-order valence-electron chi connectivity index (χ1n) is 6.40. The molecule has 4 heteroatoms. The molecular formula is C16H16ClNOS. The smallest absolute Gasteiger partial charge is 0.259 e. The van der Waals surface area contributed by atoms with Crippen molar-refractivity contribution in [3.63, 3.8) is 0 Å². The van der Waals surface area contributed by atoms with E-state index in [9.17, 15) is 4.79 Å². The van der Waals surface area contributed by atoms with Crippen molar-refractivity contribution in [1.82, 2.24) is 0 Å². The zero-order valence-electron chi connectivity index (χ0n) is 11.4. The normalized spacial score (nSPS) is 10.4. The Morgan fingerprint density at radius 3 is 2.45 bits per heavy atom. The van der Waals surface area contributed by atoms with Gasteiger partial charge in [0.1, 0.15) is 0 Å². The molecule has 20 heavy (non-hydrogen) atoms. The van der Waals surface area contributed by atoms with Crippen LogP contribution >= 0.6 is 24.2 Å². The average molecular weight is 306 g/mol. The number of hydrogen-bond acceptors (Lipinski definition) is 2. The van der Waals surface area contributed by atoms with Crippen LogP contribution in [0.4, 0.5) is 5.69 Å². The largest absolute Gasteiger partial charge is 0.309 e. The molecule has 104 valence electrons. The van der Waals surface area contributed by atoms with Crippen LogP contribution < -0.4 is 4.90 Å². The topological polar surface area (TPSA) is 20.3 Å². The van der Waals surface area contributed by atoms with E-state index < -0.39 is 0 Å². The summed E-state index contributed by atoms with van der Waals surface area (Å²) in [6.45, 7) is 4.54. The minimum absolute atomic E-state index is 0.114. The van der Waals surface area contributed by atoms with Gasteiger partial charge in [-0.15, -0.1) is 12.6 Å². The van der Waals surface area contributed by atoms with Gasteiger partial charge in [0.05, 0.1) is 10.6 Å². The molecule has 2 aromatic carbocycles. The summed E-state index contributed by atoms with van der Waals surface area (Å²) in [4.78, 5) is 15.1. The van der Waals surface area contributed by atoms with Crippen LogP contribution in [0.3, 0.4) is 0 Å². The van der Waals surface area contributed by atoms with Crippen LogP contribution in [0.25, 0.3) is 0 Å². The van der Waals surface area contributed by atoms with Gasteiger partial charge in [-0.05, 0) is 44.2 Å². The lowest BCUT2D eigenvalue weighted by atomic mass is 10.1. The van der Waals surface area contributed by atoms with Crippen molar-refractivity contribution in [3.8, 4) is 0 Å². The fourth-order valence-corrected chi connectivity index (χ4v) is 2.39. The molecule has 0 radical (unpaired) electrons. The van der Waals surface area contributed by atoms with Gasteiger partial charge in [-0.2, -0.15) is 0 Å². The van der Waals surface area contributed by atoms with E-state index in [0.29, 0.717) is 17.1 Å². The average Bonchev–Trinajstić information content (AvgIpc) is 2.44. The van der Waals surface area contributed by atoms with Gasteiger partial charge in [0.15, 0.2) is 0 Å². The standard InChI is InChI=1S/C16H16ClNOS/c1-3-18(12-6-4-11(2)5-7-12)16(19)14-10-13(20)8-9-15(14)17/h4-10,20H,3H2,1-2H3. The highest BCUT2D eigenvalue weighted by atomic mass is 35.5. The summed E-state index contributed by atoms with van der Waals surface area (Å²) < 4.78 is 0. The van der Waals surface area contributed by atoms with Crippen LogP contribution in [0.1, 0.15) is 22.8 Å². The number of anilines is 1. The maximum atomic E-state index is 12.6. The highest BCUT2D eigenvalue weighted by molar-refractivity contribution is 7.80. The molecule has 0 spiro atoms. The summed E-state index contributed by atoms with van der Waals surface area (Å²) in [5, 5.41) is 0.443. The fourth-order valence-electron chi connectivity index (χ4n) is 1.99. The molecule has 2 rings (SSSR count). The highest BCUT2D eigenvalue weighted by Crippen LogP contribution is 2.24. The Bertz CT molecular complexity index is 625. The molecule has 2 nitrogen and oxygen atoms in total. The minimum atomic E-state index is -0.114. The first-order valence-corrected chi connectivity index (χ1v) is 7.22. The SMILES string of the molecule is CCN(C(=O)c1cc(S)ccc1Cl)c1ccc(C)cc1. The van der Waals surface area contributed by atoms with Gasteiger partial charge in [0.2, 0.25) is 0 Å². The lowest BCUT2D eigenvalue weighted by Crippen LogP contribution is -2.30. The maximum absolute atomic E-state index is 12.6. The molecule has 0 aliphatic rings. The molecular weight excluding hydrogens is 290 g/mol. The third-order valence-corrected chi connectivity index (χ3v) is 3.70. The second-order valence-corrected chi connectivity index (χ2v) is 5.47. The van der Waals surface area contributed by atoms with E-state index in [1.165, 1.54) is 0 Å². The number of amides is 1. The van der Waals surface area contributed by atoms with E-state index in [4.69, 9.17) is 11.6 Å². The van der Waals surface area contributed by atoms with Gasteiger partial charge in [0, 0.05) is 17.1 Å². The van der Waals surface area contributed by atoms with Crippen molar-refractivity contribution in [2.24, 2.45) is 0 Å². The Balaban J connectivity index is 2.38. The maximum Gasteiger partial charge on any atom is 0.259 e. The van der Waals surface area contributed by atoms with Gasteiger partial charge in [-0.3, -0.25) is 4.79 Å². The second kappa shape index (κ2) is 6.33. The molecule has 0 atom stereocenters. The first kappa shape index (κ1) is 14.9. The number of carbonyl (C=O) groups excluding carboxylic acids is 1. The summed E-state index contributed by atoms with van der Waals surface area (Å²) in [7, 11) is 0. The second-order valence-electron chi connectivity index (χ2n) is 4.55. The number of benzene rings is 2. The van der Waals surface area contributed by atoms with E-state index in [0.717, 1.165) is 16.1 Å². The van der Waals surface area contributed by atoms with Crippen molar-refractivity contribution in [3.05, 3.63) is 58.6 Å². The van der Waals surface area contributed by atoms with Gasteiger partial charge in [0.25, 0.3) is 5.91 Å². The molecule has 0 bridgehead atoms. The molecule has 0 aliphatic heterocycles. The zero-order valence-corrected chi connectivity index (χ0v) is 13.1. The Kier molecular flexibility index (Phi) is 4.73. The number of aryl methyl sites for hydroxylation is 1. The molecule has 1 amide bonds. The summed E-state index contributed by atoms with van der Waals surface area (Å²) >= 11 is 10.4. The van der Waals surface area contributed by atoms with Gasteiger partial charge >= 0.3 is 0 Å². The van der Waals surface area contributed by atoms with E-state index in [1.54, 1.807) is 23.1 Å². The van der Waals surface area contributed by atoms with E-state index in [1.807, 2.05) is 38.1 Å². The summed E-state index contributed by atoms with van der Waals surface area (Å²) in [6.07, 6.45) is 0. The molecule has 0 heterocycles. The number of rotatable bonds is 3. The summed E-state index contributed by atoms with van der Waals surface area (Å²) in [6, 6.07) is 13.0. The zero-order chi connectivity index (χ0) is 14.7.